The summed E-state index contributed by atoms with van der Waals surface area (Å²) in [6, 6.07) is 21.0. The van der Waals surface area contributed by atoms with Crippen molar-refractivity contribution in [1.82, 2.24) is 0 Å². The Morgan fingerprint density at radius 3 is 2.52 bits per heavy atom. The van der Waals surface area contributed by atoms with Gasteiger partial charge in [0.25, 0.3) is 0 Å². The maximum Gasteiger partial charge on any atom is 0.352 e. The highest BCUT2D eigenvalue weighted by Gasteiger charge is 2.29. The van der Waals surface area contributed by atoms with E-state index in [4.69, 9.17) is 25.8 Å². The van der Waals surface area contributed by atoms with Gasteiger partial charge in [0.15, 0.2) is 5.76 Å². The lowest BCUT2D eigenvalue weighted by molar-refractivity contribution is -0.151. The van der Waals surface area contributed by atoms with Crippen LogP contribution in [0.15, 0.2) is 78.6 Å². The molecule has 156 valence electrons. The van der Waals surface area contributed by atoms with Gasteiger partial charge < -0.3 is 14.2 Å². The standard InChI is InChI=1S/C25H19ClO5/c1-2-29-25(28)24(17-6-4-3-5-7-17)30-19-12-13-20-21(15-19)31-22(23(20)27)14-16-8-10-18(26)11-9-16/h3-15,24H,2H2,1H3. The fourth-order valence-electron chi connectivity index (χ4n) is 3.19. The van der Waals surface area contributed by atoms with Crippen molar-refractivity contribution in [2.24, 2.45) is 0 Å². The summed E-state index contributed by atoms with van der Waals surface area (Å²) in [5.41, 5.74) is 1.89. The molecule has 5 nitrogen and oxygen atoms in total. The summed E-state index contributed by atoms with van der Waals surface area (Å²) in [6.07, 6.45) is 0.727. The van der Waals surface area contributed by atoms with Crippen LogP contribution in [0.1, 0.15) is 34.5 Å². The van der Waals surface area contributed by atoms with Crippen molar-refractivity contribution in [3.05, 3.63) is 100 Å². The summed E-state index contributed by atoms with van der Waals surface area (Å²) in [7, 11) is 0. The minimum atomic E-state index is -0.930. The number of carbonyl (C=O) groups is 2. The van der Waals surface area contributed by atoms with E-state index in [1.165, 1.54) is 0 Å². The Bertz CT molecular complexity index is 1140. The lowest BCUT2D eigenvalue weighted by Crippen LogP contribution is -2.21. The molecule has 0 N–H and O–H groups in total. The number of rotatable bonds is 6. The Labute approximate surface area is 184 Å². The van der Waals surface area contributed by atoms with Gasteiger partial charge in [-0.2, -0.15) is 0 Å². The lowest BCUT2D eigenvalue weighted by atomic mass is 10.1. The summed E-state index contributed by atoms with van der Waals surface area (Å²) in [4.78, 5) is 25.1. The van der Waals surface area contributed by atoms with Gasteiger partial charge in [0.2, 0.25) is 11.9 Å². The average Bonchev–Trinajstić information content (AvgIpc) is 3.09. The molecule has 1 atom stereocenters. The Morgan fingerprint density at radius 2 is 1.81 bits per heavy atom. The number of fused-ring (bicyclic) bond motifs is 1. The first-order chi connectivity index (χ1) is 15.0. The molecule has 4 rings (SSSR count). The van der Waals surface area contributed by atoms with Gasteiger partial charge in [-0.05, 0) is 42.8 Å². The first kappa shape index (κ1) is 20.7. The molecule has 31 heavy (non-hydrogen) atoms. The summed E-state index contributed by atoms with van der Waals surface area (Å²) in [5, 5.41) is 0.612. The zero-order valence-corrected chi connectivity index (χ0v) is 17.5. The Hall–Kier alpha value is -3.57. The summed E-state index contributed by atoms with van der Waals surface area (Å²) in [6.45, 7) is 1.98. The maximum absolute atomic E-state index is 12.7. The Balaban J connectivity index is 1.58. The molecule has 1 heterocycles. The molecule has 0 spiro atoms. The predicted molar refractivity (Wildman–Crippen MR) is 117 cm³/mol. The van der Waals surface area contributed by atoms with Crippen LogP contribution in [0.4, 0.5) is 0 Å². The van der Waals surface area contributed by atoms with Crippen molar-refractivity contribution in [3.63, 3.8) is 0 Å². The van der Waals surface area contributed by atoms with Crippen LogP contribution in [0.2, 0.25) is 5.02 Å². The third kappa shape index (κ3) is 4.62. The first-order valence-electron chi connectivity index (χ1n) is 9.77. The largest absolute Gasteiger partial charge is 0.474 e. The topological polar surface area (TPSA) is 61.8 Å². The molecule has 0 aromatic heterocycles. The highest BCUT2D eigenvalue weighted by atomic mass is 35.5. The third-order valence-corrected chi connectivity index (χ3v) is 4.92. The third-order valence-electron chi connectivity index (χ3n) is 4.67. The number of ketones is 1. The highest BCUT2D eigenvalue weighted by molar-refractivity contribution is 6.30. The van der Waals surface area contributed by atoms with Gasteiger partial charge in [-0.1, -0.05) is 54.1 Å². The molecule has 6 heteroatoms. The molecule has 1 aliphatic heterocycles. The summed E-state index contributed by atoms with van der Waals surface area (Å²) >= 11 is 5.91. The molecule has 0 radical (unpaired) electrons. The molecule has 0 saturated heterocycles. The van der Waals surface area contributed by atoms with E-state index in [-0.39, 0.29) is 18.1 Å². The molecule has 0 fully saturated rings. The summed E-state index contributed by atoms with van der Waals surface area (Å²) < 4.78 is 16.9. The van der Waals surface area contributed by atoms with E-state index in [2.05, 4.69) is 0 Å². The average molecular weight is 435 g/mol. The van der Waals surface area contributed by atoms with Crippen LogP contribution in [0.3, 0.4) is 0 Å². The molecule has 0 amide bonds. The van der Waals surface area contributed by atoms with E-state index in [1.54, 1.807) is 67.6 Å². The molecule has 0 bridgehead atoms. The number of benzene rings is 3. The highest BCUT2D eigenvalue weighted by Crippen LogP contribution is 2.36. The molecular formula is C25H19ClO5. The Morgan fingerprint density at radius 1 is 1.06 bits per heavy atom. The molecule has 0 saturated carbocycles. The number of ether oxygens (including phenoxy) is 3. The van der Waals surface area contributed by atoms with Crippen molar-refractivity contribution in [2.45, 2.75) is 13.0 Å². The van der Waals surface area contributed by atoms with E-state index >= 15 is 0 Å². The van der Waals surface area contributed by atoms with E-state index in [0.717, 1.165) is 5.56 Å². The van der Waals surface area contributed by atoms with Crippen LogP contribution in [-0.2, 0) is 9.53 Å². The molecule has 1 aliphatic rings. The van der Waals surface area contributed by atoms with Crippen LogP contribution in [-0.4, -0.2) is 18.4 Å². The number of esters is 1. The van der Waals surface area contributed by atoms with Gasteiger partial charge in [-0.25, -0.2) is 4.79 Å². The van der Waals surface area contributed by atoms with Crippen LogP contribution in [0.25, 0.3) is 6.08 Å². The van der Waals surface area contributed by atoms with Gasteiger partial charge in [0, 0.05) is 16.7 Å². The smallest absolute Gasteiger partial charge is 0.352 e. The van der Waals surface area contributed by atoms with Crippen LogP contribution in [0, 0.1) is 0 Å². The van der Waals surface area contributed by atoms with Crippen LogP contribution >= 0.6 is 11.6 Å². The SMILES string of the molecule is CCOC(=O)C(Oc1ccc2c(c1)OC(=Cc1ccc(Cl)cc1)C2=O)c1ccccc1. The molecule has 3 aromatic carbocycles. The fourth-order valence-corrected chi connectivity index (χ4v) is 3.31. The number of Topliss-reactive ketones (excluding diaryl/α,β-unsaturated/α-hetero) is 1. The van der Waals surface area contributed by atoms with Crippen LogP contribution in [0.5, 0.6) is 11.5 Å². The second kappa shape index (κ2) is 9.06. The van der Waals surface area contributed by atoms with E-state index in [0.29, 0.717) is 27.6 Å². The number of hydrogen-bond donors (Lipinski definition) is 0. The molecule has 0 aliphatic carbocycles. The van der Waals surface area contributed by atoms with Crippen LogP contribution < -0.4 is 9.47 Å². The minimum Gasteiger partial charge on any atom is -0.474 e. The first-order valence-corrected chi connectivity index (χ1v) is 10.1. The van der Waals surface area contributed by atoms with Crippen molar-refractivity contribution in [3.8, 4) is 11.5 Å². The molecular weight excluding hydrogens is 416 g/mol. The molecule has 3 aromatic rings. The number of halogens is 1. The second-order valence-corrected chi connectivity index (χ2v) is 7.25. The Kier molecular flexibility index (Phi) is 6.05. The van der Waals surface area contributed by atoms with Crippen molar-refractivity contribution >= 4 is 29.4 Å². The predicted octanol–water partition coefficient (Wildman–Crippen LogP) is 5.64. The fraction of sp³-hybridized carbons (Fsp3) is 0.120. The van der Waals surface area contributed by atoms with Gasteiger partial charge in [0.1, 0.15) is 11.5 Å². The van der Waals surface area contributed by atoms with Gasteiger partial charge in [0.05, 0.1) is 12.2 Å². The quantitative estimate of drug-likeness (QED) is 0.371. The van der Waals surface area contributed by atoms with Crippen molar-refractivity contribution in [2.75, 3.05) is 6.61 Å². The van der Waals surface area contributed by atoms with Crippen molar-refractivity contribution in [1.29, 1.82) is 0 Å². The second-order valence-electron chi connectivity index (χ2n) is 6.81. The number of allylic oxidation sites excluding steroid dienone is 1. The zero-order chi connectivity index (χ0) is 21.8. The van der Waals surface area contributed by atoms with Gasteiger partial charge in [-0.15, -0.1) is 0 Å². The van der Waals surface area contributed by atoms with E-state index in [1.807, 2.05) is 18.2 Å². The van der Waals surface area contributed by atoms with Crippen molar-refractivity contribution < 1.29 is 23.8 Å². The van der Waals surface area contributed by atoms with E-state index < -0.39 is 12.1 Å². The molecule has 1 unspecified atom stereocenters. The van der Waals surface area contributed by atoms with Gasteiger partial charge in [-0.3, -0.25) is 4.79 Å². The normalized spacial score (nSPS) is 14.6. The number of carbonyl (C=O) groups excluding carboxylic acids is 2. The maximum atomic E-state index is 12.7. The summed E-state index contributed by atoms with van der Waals surface area (Å²) in [5.74, 6) is 0.259. The van der Waals surface area contributed by atoms with Gasteiger partial charge >= 0.3 is 5.97 Å². The van der Waals surface area contributed by atoms with E-state index in [9.17, 15) is 9.59 Å². The lowest BCUT2D eigenvalue weighted by Gasteiger charge is -2.18. The monoisotopic (exact) mass is 434 g/mol. The zero-order valence-electron chi connectivity index (χ0n) is 16.7. The number of hydrogen-bond acceptors (Lipinski definition) is 5. The minimum absolute atomic E-state index is 0.208.